The Bertz CT molecular complexity index is 336. The largest absolute Gasteiger partial charge is 0.508 e. The normalized spacial score (nSPS) is 11.1. The van der Waals surface area contributed by atoms with Crippen LogP contribution in [0.3, 0.4) is 0 Å². The fraction of sp³-hybridized carbons (Fsp3) is 0.333. The lowest BCUT2D eigenvalue weighted by Crippen LogP contribution is -2.41. The van der Waals surface area contributed by atoms with E-state index in [0.717, 1.165) is 5.56 Å². The van der Waals surface area contributed by atoms with Crippen molar-refractivity contribution >= 4 is 5.91 Å². The first-order chi connectivity index (χ1) is 6.87. The van der Waals surface area contributed by atoms with Gasteiger partial charge in [-0.2, -0.15) is 0 Å². The minimum atomic E-state index is -0.450. The zero-order chi connectivity index (χ0) is 11.5. The van der Waals surface area contributed by atoms with E-state index in [2.05, 4.69) is 12.2 Å². The summed E-state index contributed by atoms with van der Waals surface area (Å²) in [7, 11) is 0. The number of rotatable bonds is 3. The number of carbonyl (C=O) groups excluding carboxylic acids is 1. The van der Waals surface area contributed by atoms with Gasteiger partial charge in [0.05, 0.1) is 6.42 Å². The molecule has 0 saturated heterocycles. The minimum absolute atomic E-state index is 0.0688. The van der Waals surface area contributed by atoms with Crippen molar-refractivity contribution < 1.29 is 9.90 Å². The lowest BCUT2D eigenvalue weighted by molar-refractivity contribution is -0.121. The van der Waals surface area contributed by atoms with E-state index in [-0.39, 0.29) is 11.7 Å². The Morgan fingerprint density at radius 2 is 1.93 bits per heavy atom. The van der Waals surface area contributed by atoms with Crippen molar-refractivity contribution in [2.45, 2.75) is 25.8 Å². The standard InChI is InChI=1S/C12H16NO2/c1-12(2,3)13-11(15)8-9-4-6-10(14)7-5-9/h4-7,14H,1,8H2,2-3H3,(H,13,15). The number of benzene rings is 1. The summed E-state index contributed by atoms with van der Waals surface area (Å²) in [6, 6.07) is 6.59. The van der Waals surface area contributed by atoms with Crippen LogP contribution in [0.4, 0.5) is 0 Å². The summed E-state index contributed by atoms with van der Waals surface area (Å²) < 4.78 is 0. The van der Waals surface area contributed by atoms with Crippen molar-refractivity contribution in [1.29, 1.82) is 0 Å². The van der Waals surface area contributed by atoms with Crippen LogP contribution in [0, 0.1) is 6.92 Å². The van der Waals surface area contributed by atoms with E-state index >= 15 is 0 Å². The molecule has 0 aliphatic carbocycles. The lowest BCUT2D eigenvalue weighted by Gasteiger charge is -2.20. The molecule has 1 aromatic rings. The molecule has 0 aromatic heterocycles. The predicted molar refractivity (Wildman–Crippen MR) is 59.4 cm³/mol. The Labute approximate surface area is 90.1 Å². The number of hydrogen-bond donors (Lipinski definition) is 2. The highest BCUT2D eigenvalue weighted by atomic mass is 16.3. The van der Waals surface area contributed by atoms with Crippen LogP contribution in [-0.4, -0.2) is 16.6 Å². The van der Waals surface area contributed by atoms with Crippen molar-refractivity contribution in [3.63, 3.8) is 0 Å². The van der Waals surface area contributed by atoms with Gasteiger partial charge in [0.2, 0.25) is 5.91 Å². The van der Waals surface area contributed by atoms with Gasteiger partial charge in [0.1, 0.15) is 5.75 Å². The van der Waals surface area contributed by atoms with Crippen LogP contribution in [0.5, 0.6) is 5.75 Å². The summed E-state index contributed by atoms with van der Waals surface area (Å²) in [5.41, 5.74) is 0.420. The molecule has 15 heavy (non-hydrogen) atoms. The molecule has 0 spiro atoms. The third-order valence-electron chi connectivity index (χ3n) is 1.78. The molecule has 1 rings (SSSR count). The molecule has 1 radical (unpaired) electrons. The summed E-state index contributed by atoms with van der Waals surface area (Å²) in [6.45, 7) is 7.46. The predicted octanol–water partition coefficient (Wildman–Crippen LogP) is 1.66. The number of aromatic hydroxyl groups is 1. The monoisotopic (exact) mass is 206 g/mol. The van der Waals surface area contributed by atoms with Gasteiger partial charge < -0.3 is 10.4 Å². The fourth-order valence-corrected chi connectivity index (χ4v) is 1.22. The molecule has 1 amide bonds. The second-order valence-electron chi connectivity index (χ2n) is 4.28. The zero-order valence-electron chi connectivity index (χ0n) is 9.08. The van der Waals surface area contributed by atoms with Crippen LogP contribution in [-0.2, 0) is 11.2 Å². The summed E-state index contributed by atoms with van der Waals surface area (Å²) in [5.74, 6) is 0.136. The van der Waals surface area contributed by atoms with E-state index in [1.807, 2.05) is 13.8 Å². The SMILES string of the molecule is [CH2]C(C)(C)NC(=O)Cc1ccc(O)cc1. The Morgan fingerprint density at radius 3 is 2.40 bits per heavy atom. The van der Waals surface area contributed by atoms with E-state index in [4.69, 9.17) is 5.11 Å². The van der Waals surface area contributed by atoms with Crippen LogP contribution < -0.4 is 5.32 Å². The van der Waals surface area contributed by atoms with Gasteiger partial charge in [0, 0.05) is 5.54 Å². The van der Waals surface area contributed by atoms with Gasteiger partial charge in [-0.1, -0.05) is 12.1 Å². The van der Waals surface area contributed by atoms with E-state index in [1.54, 1.807) is 24.3 Å². The summed E-state index contributed by atoms with van der Waals surface area (Å²) in [5, 5.41) is 11.8. The summed E-state index contributed by atoms with van der Waals surface area (Å²) >= 11 is 0. The molecular formula is C12H16NO2. The topological polar surface area (TPSA) is 49.3 Å². The van der Waals surface area contributed by atoms with Crippen molar-refractivity contribution in [2.75, 3.05) is 0 Å². The van der Waals surface area contributed by atoms with Crippen LogP contribution >= 0.6 is 0 Å². The number of amides is 1. The highest BCUT2D eigenvalue weighted by Crippen LogP contribution is 2.10. The number of phenolic OH excluding ortho intramolecular Hbond substituents is 1. The van der Waals surface area contributed by atoms with Crippen molar-refractivity contribution in [2.24, 2.45) is 0 Å². The maximum absolute atomic E-state index is 11.5. The number of nitrogens with one attached hydrogen (secondary N) is 1. The molecule has 0 heterocycles. The van der Waals surface area contributed by atoms with Gasteiger partial charge in [0.15, 0.2) is 0 Å². The van der Waals surface area contributed by atoms with Gasteiger partial charge >= 0.3 is 0 Å². The van der Waals surface area contributed by atoms with Gasteiger partial charge in [0.25, 0.3) is 0 Å². The highest BCUT2D eigenvalue weighted by molar-refractivity contribution is 5.79. The first-order valence-electron chi connectivity index (χ1n) is 4.81. The second-order valence-corrected chi connectivity index (χ2v) is 4.28. The van der Waals surface area contributed by atoms with Gasteiger partial charge in [-0.25, -0.2) is 0 Å². The van der Waals surface area contributed by atoms with Crippen LogP contribution in [0.25, 0.3) is 0 Å². The maximum Gasteiger partial charge on any atom is 0.224 e. The number of phenols is 1. The zero-order valence-corrected chi connectivity index (χ0v) is 9.08. The first kappa shape index (κ1) is 11.6. The Morgan fingerprint density at radius 1 is 1.40 bits per heavy atom. The fourth-order valence-electron chi connectivity index (χ4n) is 1.22. The lowest BCUT2D eigenvalue weighted by atomic mass is 10.1. The van der Waals surface area contributed by atoms with E-state index in [0.29, 0.717) is 6.42 Å². The molecule has 0 saturated carbocycles. The molecule has 81 valence electrons. The third-order valence-corrected chi connectivity index (χ3v) is 1.78. The van der Waals surface area contributed by atoms with Gasteiger partial charge in [-0.3, -0.25) is 4.79 Å². The maximum atomic E-state index is 11.5. The van der Waals surface area contributed by atoms with Crippen molar-refractivity contribution in [1.82, 2.24) is 5.32 Å². The quantitative estimate of drug-likeness (QED) is 0.790. The minimum Gasteiger partial charge on any atom is -0.508 e. The van der Waals surface area contributed by atoms with Crippen LogP contribution in [0.15, 0.2) is 24.3 Å². The average molecular weight is 206 g/mol. The average Bonchev–Trinajstić information content (AvgIpc) is 2.05. The molecule has 0 atom stereocenters. The Balaban J connectivity index is 2.55. The van der Waals surface area contributed by atoms with Crippen molar-refractivity contribution in [3.05, 3.63) is 36.8 Å². The molecule has 3 heteroatoms. The molecule has 2 N–H and O–H groups in total. The van der Waals surface area contributed by atoms with Crippen LogP contribution in [0.1, 0.15) is 19.4 Å². The Hall–Kier alpha value is -1.51. The van der Waals surface area contributed by atoms with Gasteiger partial charge in [-0.05, 0) is 38.5 Å². The molecule has 0 aliphatic heterocycles. The molecule has 0 fully saturated rings. The molecule has 1 aromatic carbocycles. The smallest absolute Gasteiger partial charge is 0.224 e. The van der Waals surface area contributed by atoms with Gasteiger partial charge in [-0.15, -0.1) is 0 Å². The molecular weight excluding hydrogens is 190 g/mol. The van der Waals surface area contributed by atoms with E-state index in [1.165, 1.54) is 0 Å². The second kappa shape index (κ2) is 4.34. The third kappa shape index (κ3) is 4.49. The Kier molecular flexibility index (Phi) is 3.35. The summed E-state index contributed by atoms with van der Waals surface area (Å²) in [4.78, 5) is 11.5. The molecule has 0 bridgehead atoms. The summed E-state index contributed by atoms with van der Waals surface area (Å²) in [6.07, 6.45) is 0.305. The molecule has 3 nitrogen and oxygen atoms in total. The molecule has 0 unspecified atom stereocenters. The first-order valence-corrected chi connectivity index (χ1v) is 4.81. The van der Waals surface area contributed by atoms with Crippen LogP contribution in [0.2, 0.25) is 0 Å². The molecule has 0 aliphatic rings. The van der Waals surface area contributed by atoms with Crippen molar-refractivity contribution in [3.8, 4) is 5.75 Å². The van der Waals surface area contributed by atoms with E-state index < -0.39 is 5.54 Å². The number of hydrogen-bond acceptors (Lipinski definition) is 2. The highest BCUT2D eigenvalue weighted by Gasteiger charge is 2.13. The number of carbonyl (C=O) groups is 1. The van der Waals surface area contributed by atoms with E-state index in [9.17, 15) is 4.79 Å².